The van der Waals surface area contributed by atoms with Gasteiger partial charge in [-0.3, -0.25) is 4.79 Å². The first-order valence-electron chi connectivity index (χ1n) is 7.83. The van der Waals surface area contributed by atoms with E-state index < -0.39 is 0 Å². The van der Waals surface area contributed by atoms with Crippen molar-refractivity contribution in [2.24, 2.45) is 0 Å². The fourth-order valence-corrected chi connectivity index (χ4v) is 3.07. The lowest BCUT2D eigenvalue weighted by Gasteiger charge is -2.34. The summed E-state index contributed by atoms with van der Waals surface area (Å²) in [4.78, 5) is 14.4. The van der Waals surface area contributed by atoms with Crippen LogP contribution in [0.2, 0.25) is 0 Å². The quantitative estimate of drug-likeness (QED) is 0.819. The third-order valence-corrected chi connectivity index (χ3v) is 4.21. The Labute approximate surface area is 133 Å². The van der Waals surface area contributed by atoms with Gasteiger partial charge in [0, 0.05) is 19.7 Å². The van der Waals surface area contributed by atoms with Crippen LogP contribution in [0.25, 0.3) is 0 Å². The van der Waals surface area contributed by atoms with Crippen LogP contribution >= 0.6 is 12.6 Å². The second-order valence-corrected chi connectivity index (χ2v) is 6.25. The minimum Gasteiger partial charge on any atom is -0.376 e. The van der Waals surface area contributed by atoms with Gasteiger partial charge in [0.25, 0.3) is 0 Å². The van der Waals surface area contributed by atoms with Crippen molar-refractivity contribution in [3.8, 4) is 0 Å². The van der Waals surface area contributed by atoms with Gasteiger partial charge in [0.15, 0.2) is 0 Å². The Morgan fingerprint density at radius 3 is 2.90 bits per heavy atom. The number of nitrogens with zero attached hydrogens (tertiary/aromatic N) is 1. The summed E-state index contributed by atoms with van der Waals surface area (Å²) >= 11 is 4.51. The predicted molar refractivity (Wildman–Crippen MR) is 88.8 cm³/mol. The van der Waals surface area contributed by atoms with Gasteiger partial charge in [-0.25, -0.2) is 0 Å². The van der Waals surface area contributed by atoms with Crippen LogP contribution < -0.4 is 0 Å². The molecule has 2 unspecified atom stereocenters. The number of thiol groups is 1. The van der Waals surface area contributed by atoms with Crippen LogP contribution in [-0.2, 0) is 16.0 Å². The molecule has 116 valence electrons. The Hall–Kier alpha value is -1.00. The van der Waals surface area contributed by atoms with Crippen molar-refractivity contribution in [2.45, 2.75) is 44.0 Å². The number of rotatable bonds is 6. The van der Waals surface area contributed by atoms with E-state index in [1.807, 2.05) is 35.2 Å². The zero-order valence-corrected chi connectivity index (χ0v) is 13.6. The van der Waals surface area contributed by atoms with Gasteiger partial charge >= 0.3 is 0 Å². The average Bonchev–Trinajstić information content (AvgIpc) is 2.53. The van der Waals surface area contributed by atoms with E-state index in [1.165, 1.54) is 0 Å². The zero-order chi connectivity index (χ0) is 15.1. The van der Waals surface area contributed by atoms with Crippen molar-refractivity contribution >= 4 is 18.5 Å². The summed E-state index contributed by atoms with van der Waals surface area (Å²) < 4.78 is 5.79. The first kappa shape index (κ1) is 16.4. The fraction of sp³-hybridized carbons (Fsp3) is 0.588. The van der Waals surface area contributed by atoms with Gasteiger partial charge in [-0.05, 0) is 31.2 Å². The van der Waals surface area contributed by atoms with Crippen molar-refractivity contribution in [3.63, 3.8) is 0 Å². The Morgan fingerprint density at radius 1 is 1.43 bits per heavy atom. The SMILES string of the molecule is CCCOC1CCCN(C(=O)C(S)Cc2ccccc2)C1. The molecule has 1 heterocycles. The van der Waals surface area contributed by atoms with Gasteiger partial charge in [0.05, 0.1) is 11.4 Å². The molecule has 3 nitrogen and oxygen atoms in total. The van der Waals surface area contributed by atoms with E-state index in [0.717, 1.165) is 38.0 Å². The molecule has 1 saturated heterocycles. The molecule has 4 heteroatoms. The van der Waals surface area contributed by atoms with Crippen LogP contribution in [0.15, 0.2) is 30.3 Å². The molecule has 0 bridgehead atoms. The molecule has 2 rings (SSSR count). The van der Waals surface area contributed by atoms with Crippen molar-refractivity contribution in [2.75, 3.05) is 19.7 Å². The van der Waals surface area contributed by atoms with E-state index in [9.17, 15) is 4.79 Å². The molecular weight excluding hydrogens is 282 g/mol. The largest absolute Gasteiger partial charge is 0.376 e. The number of benzene rings is 1. The van der Waals surface area contributed by atoms with E-state index >= 15 is 0 Å². The normalized spacial score (nSPS) is 20.3. The minimum absolute atomic E-state index is 0.131. The lowest BCUT2D eigenvalue weighted by molar-refractivity contribution is -0.134. The minimum atomic E-state index is -0.266. The highest BCUT2D eigenvalue weighted by molar-refractivity contribution is 7.81. The number of hydrogen-bond acceptors (Lipinski definition) is 3. The summed E-state index contributed by atoms with van der Waals surface area (Å²) in [7, 11) is 0. The van der Waals surface area contributed by atoms with Crippen LogP contribution in [0.5, 0.6) is 0 Å². The summed E-state index contributed by atoms with van der Waals surface area (Å²) in [6, 6.07) is 10.1. The maximum absolute atomic E-state index is 12.5. The zero-order valence-electron chi connectivity index (χ0n) is 12.7. The number of likely N-dealkylation sites (tertiary alicyclic amines) is 1. The number of ether oxygens (including phenoxy) is 1. The van der Waals surface area contributed by atoms with E-state index in [1.54, 1.807) is 0 Å². The molecule has 1 fully saturated rings. The van der Waals surface area contributed by atoms with Gasteiger partial charge in [-0.1, -0.05) is 37.3 Å². The molecule has 2 atom stereocenters. The lowest BCUT2D eigenvalue weighted by atomic mass is 10.1. The molecular formula is C17H25NO2S. The molecule has 1 aliphatic heterocycles. The standard InChI is InChI=1S/C17H25NO2S/c1-2-11-20-15-9-6-10-18(13-15)17(19)16(21)12-14-7-4-3-5-8-14/h3-5,7-8,15-16,21H,2,6,9-13H2,1H3. The maximum Gasteiger partial charge on any atom is 0.235 e. The Balaban J connectivity index is 1.86. The molecule has 0 aromatic heterocycles. The second-order valence-electron chi connectivity index (χ2n) is 5.62. The molecule has 0 saturated carbocycles. The van der Waals surface area contributed by atoms with Crippen molar-refractivity contribution in [3.05, 3.63) is 35.9 Å². The number of piperidine rings is 1. The highest BCUT2D eigenvalue weighted by Crippen LogP contribution is 2.17. The van der Waals surface area contributed by atoms with Crippen LogP contribution in [0.3, 0.4) is 0 Å². The van der Waals surface area contributed by atoms with Crippen molar-refractivity contribution in [1.29, 1.82) is 0 Å². The molecule has 1 aromatic carbocycles. The summed E-state index contributed by atoms with van der Waals surface area (Å²) in [6.45, 7) is 4.43. The molecule has 0 radical (unpaired) electrons. The number of carbonyl (C=O) groups is 1. The smallest absolute Gasteiger partial charge is 0.235 e. The molecule has 0 aliphatic carbocycles. The third-order valence-electron chi connectivity index (χ3n) is 3.80. The third kappa shape index (κ3) is 5.04. The van der Waals surface area contributed by atoms with Gasteiger partial charge in [0.1, 0.15) is 0 Å². The average molecular weight is 307 g/mol. The topological polar surface area (TPSA) is 29.5 Å². The van der Waals surface area contributed by atoms with E-state index in [0.29, 0.717) is 13.0 Å². The number of carbonyl (C=O) groups excluding carboxylic acids is 1. The fourth-order valence-electron chi connectivity index (χ4n) is 2.69. The van der Waals surface area contributed by atoms with Crippen molar-refractivity contribution < 1.29 is 9.53 Å². The highest BCUT2D eigenvalue weighted by atomic mass is 32.1. The van der Waals surface area contributed by atoms with Gasteiger partial charge in [-0.15, -0.1) is 0 Å². The Bertz CT molecular complexity index is 438. The van der Waals surface area contributed by atoms with E-state index in [2.05, 4.69) is 19.6 Å². The first-order valence-corrected chi connectivity index (χ1v) is 8.34. The molecule has 21 heavy (non-hydrogen) atoms. The molecule has 0 spiro atoms. The van der Waals surface area contributed by atoms with Crippen LogP contribution in [0.1, 0.15) is 31.7 Å². The van der Waals surface area contributed by atoms with Crippen LogP contribution in [0.4, 0.5) is 0 Å². The monoisotopic (exact) mass is 307 g/mol. The molecule has 1 aliphatic rings. The molecule has 0 N–H and O–H groups in total. The van der Waals surface area contributed by atoms with Crippen molar-refractivity contribution in [1.82, 2.24) is 4.90 Å². The van der Waals surface area contributed by atoms with Gasteiger partial charge < -0.3 is 9.64 Å². The van der Waals surface area contributed by atoms with Gasteiger partial charge in [-0.2, -0.15) is 12.6 Å². The van der Waals surface area contributed by atoms with Crippen LogP contribution in [0, 0.1) is 0 Å². The molecule has 1 aromatic rings. The van der Waals surface area contributed by atoms with E-state index in [4.69, 9.17) is 4.74 Å². The lowest BCUT2D eigenvalue weighted by Crippen LogP contribution is -2.46. The summed E-state index contributed by atoms with van der Waals surface area (Å²) in [5.41, 5.74) is 1.15. The first-order chi connectivity index (χ1) is 10.2. The molecule has 1 amide bonds. The summed E-state index contributed by atoms with van der Waals surface area (Å²) in [5, 5.41) is -0.266. The van der Waals surface area contributed by atoms with Gasteiger partial charge in [0.2, 0.25) is 5.91 Å². The Morgan fingerprint density at radius 2 is 2.19 bits per heavy atom. The summed E-state index contributed by atoms with van der Waals surface area (Å²) in [6.07, 6.45) is 3.97. The second kappa shape index (κ2) is 8.44. The van der Waals surface area contributed by atoms with Crippen LogP contribution in [-0.4, -0.2) is 41.9 Å². The number of amides is 1. The van der Waals surface area contributed by atoms with E-state index in [-0.39, 0.29) is 17.3 Å². The summed E-state index contributed by atoms with van der Waals surface area (Å²) in [5.74, 6) is 0.131. The number of hydrogen-bond donors (Lipinski definition) is 1. The maximum atomic E-state index is 12.5. The highest BCUT2D eigenvalue weighted by Gasteiger charge is 2.27. The Kier molecular flexibility index (Phi) is 6.58. The predicted octanol–water partition coefficient (Wildman–Crippen LogP) is 2.95.